The molecule has 0 saturated heterocycles. The first kappa shape index (κ1) is 14.1. The number of nitrogens with one attached hydrogen (secondary N) is 1. The smallest absolute Gasteiger partial charge is 0.270 e. The van der Waals surface area contributed by atoms with Gasteiger partial charge in [-0.3, -0.25) is 4.79 Å². The minimum atomic E-state index is -0.0410. The van der Waals surface area contributed by atoms with Crippen molar-refractivity contribution in [3.8, 4) is 0 Å². The molecule has 1 aliphatic carbocycles. The van der Waals surface area contributed by atoms with E-state index in [4.69, 9.17) is 0 Å². The normalized spacial score (nSPS) is 22.1. The SMILES string of the molecule is CCC1CCC(NC(=O)c2ccc3ccccc3n2)CC1. The lowest BCUT2D eigenvalue weighted by Crippen LogP contribution is -2.37. The molecule has 3 heteroatoms. The molecule has 3 rings (SSSR count). The molecular weight excluding hydrogens is 260 g/mol. The Morgan fingerprint density at radius 1 is 1.14 bits per heavy atom. The summed E-state index contributed by atoms with van der Waals surface area (Å²) in [5, 5.41) is 4.21. The van der Waals surface area contributed by atoms with Crippen molar-refractivity contribution in [2.75, 3.05) is 0 Å². The lowest BCUT2D eigenvalue weighted by Gasteiger charge is -2.28. The Kier molecular flexibility index (Phi) is 4.18. The van der Waals surface area contributed by atoms with Crippen LogP contribution in [0.25, 0.3) is 10.9 Å². The summed E-state index contributed by atoms with van der Waals surface area (Å²) in [6.07, 6.45) is 5.90. The zero-order valence-corrected chi connectivity index (χ0v) is 12.5. The molecule has 0 aliphatic heterocycles. The van der Waals surface area contributed by atoms with Crippen LogP contribution in [0.3, 0.4) is 0 Å². The van der Waals surface area contributed by atoms with Gasteiger partial charge in [-0.05, 0) is 43.7 Å². The average Bonchev–Trinajstić information content (AvgIpc) is 2.55. The average molecular weight is 282 g/mol. The fourth-order valence-corrected chi connectivity index (χ4v) is 3.17. The number of rotatable bonds is 3. The van der Waals surface area contributed by atoms with E-state index in [2.05, 4.69) is 17.2 Å². The van der Waals surface area contributed by atoms with Crippen LogP contribution in [0.4, 0.5) is 0 Å². The summed E-state index contributed by atoms with van der Waals surface area (Å²) in [5.41, 5.74) is 1.39. The molecule has 1 amide bonds. The van der Waals surface area contributed by atoms with Gasteiger partial charge >= 0.3 is 0 Å². The number of hydrogen-bond acceptors (Lipinski definition) is 2. The zero-order valence-electron chi connectivity index (χ0n) is 12.5. The highest BCUT2D eigenvalue weighted by molar-refractivity contribution is 5.95. The monoisotopic (exact) mass is 282 g/mol. The highest BCUT2D eigenvalue weighted by Crippen LogP contribution is 2.26. The molecule has 0 unspecified atom stereocenters. The van der Waals surface area contributed by atoms with Crippen LogP contribution in [-0.4, -0.2) is 16.9 Å². The number of para-hydroxylation sites is 1. The number of carbonyl (C=O) groups excluding carboxylic acids is 1. The molecule has 0 radical (unpaired) electrons. The van der Waals surface area contributed by atoms with E-state index in [0.717, 1.165) is 29.7 Å². The molecule has 1 N–H and O–H groups in total. The summed E-state index contributed by atoms with van der Waals surface area (Å²) in [6, 6.07) is 12.0. The van der Waals surface area contributed by atoms with Crippen molar-refractivity contribution < 1.29 is 4.79 Å². The largest absolute Gasteiger partial charge is 0.348 e. The number of fused-ring (bicyclic) bond motifs is 1. The van der Waals surface area contributed by atoms with Gasteiger partial charge < -0.3 is 5.32 Å². The Bertz CT molecular complexity index is 630. The Balaban J connectivity index is 1.67. The molecule has 0 spiro atoms. The Morgan fingerprint density at radius 2 is 1.90 bits per heavy atom. The van der Waals surface area contributed by atoms with Crippen molar-refractivity contribution in [1.29, 1.82) is 0 Å². The van der Waals surface area contributed by atoms with Crippen LogP contribution < -0.4 is 5.32 Å². The fourth-order valence-electron chi connectivity index (χ4n) is 3.17. The van der Waals surface area contributed by atoms with E-state index < -0.39 is 0 Å². The molecule has 0 atom stereocenters. The van der Waals surface area contributed by atoms with Crippen LogP contribution in [0.1, 0.15) is 49.5 Å². The number of benzene rings is 1. The fraction of sp³-hybridized carbons (Fsp3) is 0.444. The maximum absolute atomic E-state index is 12.3. The van der Waals surface area contributed by atoms with Crippen LogP contribution in [0.2, 0.25) is 0 Å². The first-order valence-corrected chi connectivity index (χ1v) is 7.93. The zero-order chi connectivity index (χ0) is 14.7. The van der Waals surface area contributed by atoms with Crippen molar-refractivity contribution in [3.63, 3.8) is 0 Å². The Hall–Kier alpha value is -1.90. The topological polar surface area (TPSA) is 42.0 Å². The van der Waals surface area contributed by atoms with Crippen molar-refractivity contribution in [2.24, 2.45) is 5.92 Å². The minimum absolute atomic E-state index is 0.0410. The molecule has 1 saturated carbocycles. The molecule has 110 valence electrons. The Morgan fingerprint density at radius 3 is 2.67 bits per heavy atom. The highest BCUT2D eigenvalue weighted by atomic mass is 16.1. The molecule has 1 aliphatic rings. The maximum Gasteiger partial charge on any atom is 0.270 e. The predicted molar refractivity (Wildman–Crippen MR) is 85.2 cm³/mol. The van der Waals surface area contributed by atoms with E-state index in [9.17, 15) is 4.79 Å². The number of pyridine rings is 1. The van der Waals surface area contributed by atoms with Gasteiger partial charge in [-0.25, -0.2) is 4.98 Å². The molecule has 1 heterocycles. The molecular formula is C18H22N2O. The van der Waals surface area contributed by atoms with Crippen LogP contribution in [0.5, 0.6) is 0 Å². The molecule has 3 nitrogen and oxygen atoms in total. The molecule has 1 aromatic heterocycles. The summed E-state index contributed by atoms with van der Waals surface area (Å²) in [6.45, 7) is 2.25. The number of aromatic nitrogens is 1. The first-order chi connectivity index (χ1) is 10.3. The second-order valence-corrected chi connectivity index (χ2v) is 5.99. The minimum Gasteiger partial charge on any atom is -0.348 e. The van der Waals surface area contributed by atoms with Crippen molar-refractivity contribution in [1.82, 2.24) is 10.3 Å². The van der Waals surface area contributed by atoms with Crippen LogP contribution >= 0.6 is 0 Å². The quantitative estimate of drug-likeness (QED) is 0.926. The van der Waals surface area contributed by atoms with Crippen molar-refractivity contribution >= 4 is 16.8 Å². The van der Waals surface area contributed by atoms with E-state index in [1.165, 1.54) is 19.3 Å². The van der Waals surface area contributed by atoms with E-state index in [1.54, 1.807) is 0 Å². The van der Waals surface area contributed by atoms with Gasteiger partial charge in [0.1, 0.15) is 5.69 Å². The van der Waals surface area contributed by atoms with Crippen molar-refractivity contribution in [3.05, 3.63) is 42.1 Å². The van der Waals surface area contributed by atoms with Crippen LogP contribution in [0.15, 0.2) is 36.4 Å². The van der Waals surface area contributed by atoms with Gasteiger partial charge in [0.05, 0.1) is 5.52 Å². The third kappa shape index (κ3) is 3.23. The molecule has 21 heavy (non-hydrogen) atoms. The second-order valence-electron chi connectivity index (χ2n) is 5.99. The summed E-state index contributed by atoms with van der Waals surface area (Å²) in [7, 11) is 0. The van der Waals surface area contributed by atoms with Gasteiger partial charge in [0.25, 0.3) is 5.91 Å². The summed E-state index contributed by atoms with van der Waals surface area (Å²) in [4.78, 5) is 16.8. The van der Waals surface area contributed by atoms with Crippen molar-refractivity contribution in [2.45, 2.75) is 45.1 Å². The second kappa shape index (κ2) is 6.25. The molecule has 1 aromatic carbocycles. The van der Waals surface area contributed by atoms with Gasteiger partial charge in [0.15, 0.2) is 0 Å². The van der Waals surface area contributed by atoms with Crippen LogP contribution in [-0.2, 0) is 0 Å². The number of amides is 1. The summed E-state index contributed by atoms with van der Waals surface area (Å²) < 4.78 is 0. The highest BCUT2D eigenvalue weighted by Gasteiger charge is 2.22. The Labute approximate surface area is 125 Å². The van der Waals surface area contributed by atoms with Crippen LogP contribution in [0, 0.1) is 5.92 Å². The summed E-state index contributed by atoms with van der Waals surface area (Å²) >= 11 is 0. The molecule has 1 fully saturated rings. The third-order valence-electron chi connectivity index (χ3n) is 4.59. The predicted octanol–water partition coefficient (Wildman–Crippen LogP) is 3.93. The number of nitrogens with zero attached hydrogens (tertiary/aromatic N) is 1. The van der Waals surface area contributed by atoms with E-state index in [0.29, 0.717) is 11.7 Å². The van der Waals surface area contributed by atoms with E-state index >= 15 is 0 Å². The van der Waals surface area contributed by atoms with Gasteiger partial charge in [-0.15, -0.1) is 0 Å². The molecule has 0 bridgehead atoms. The third-order valence-corrected chi connectivity index (χ3v) is 4.59. The standard InChI is InChI=1S/C18H22N2O/c1-2-13-7-10-15(11-8-13)19-18(21)17-12-9-14-5-3-4-6-16(14)20-17/h3-6,9,12-13,15H,2,7-8,10-11H2,1H3,(H,19,21). The lowest BCUT2D eigenvalue weighted by molar-refractivity contribution is 0.0917. The lowest BCUT2D eigenvalue weighted by atomic mass is 9.84. The summed E-state index contributed by atoms with van der Waals surface area (Å²) in [5.74, 6) is 0.803. The van der Waals surface area contributed by atoms with Gasteiger partial charge in [0.2, 0.25) is 0 Å². The molecule has 2 aromatic rings. The van der Waals surface area contributed by atoms with Gasteiger partial charge in [-0.1, -0.05) is 37.6 Å². The van der Waals surface area contributed by atoms with Gasteiger partial charge in [-0.2, -0.15) is 0 Å². The number of hydrogen-bond donors (Lipinski definition) is 1. The maximum atomic E-state index is 12.3. The van der Waals surface area contributed by atoms with E-state index in [-0.39, 0.29) is 5.91 Å². The van der Waals surface area contributed by atoms with Gasteiger partial charge in [0, 0.05) is 11.4 Å². The first-order valence-electron chi connectivity index (χ1n) is 7.93. The van der Waals surface area contributed by atoms with E-state index in [1.807, 2.05) is 36.4 Å². The number of carbonyl (C=O) groups is 1.